The van der Waals surface area contributed by atoms with Crippen molar-refractivity contribution in [1.82, 2.24) is 4.98 Å². The first kappa shape index (κ1) is 19.6. The van der Waals surface area contributed by atoms with Crippen LogP contribution in [0.15, 0.2) is 54.9 Å². The smallest absolute Gasteiger partial charge is 0.257 e. The van der Waals surface area contributed by atoms with Crippen molar-refractivity contribution in [2.75, 3.05) is 10.6 Å². The van der Waals surface area contributed by atoms with Gasteiger partial charge in [-0.3, -0.25) is 14.6 Å². The van der Waals surface area contributed by atoms with Crippen LogP contribution in [0.5, 0.6) is 0 Å². The van der Waals surface area contributed by atoms with Crippen LogP contribution in [0.1, 0.15) is 37.4 Å². The first-order valence-electron chi connectivity index (χ1n) is 8.74. The molecular formula is C22H20ClN3O2. The average Bonchev–Trinajstić information content (AvgIpc) is 2.67. The van der Waals surface area contributed by atoms with E-state index in [9.17, 15) is 9.59 Å². The molecule has 0 aliphatic heterocycles. The highest BCUT2D eigenvalue weighted by Crippen LogP contribution is 2.21. The van der Waals surface area contributed by atoms with Crippen LogP contribution < -0.4 is 10.6 Å². The van der Waals surface area contributed by atoms with E-state index in [1.165, 1.54) is 18.5 Å². The number of nitrogens with one attached hydrogen (secondary N) is 2. The Hall–Kier alpha value is -3.18. The molecule has 0 fully saturated rings. The lowest BCUT2D eigenvalue weighted by atomic mass is 10.1. The van der Waals surface area contributed by atoms with Crippen LogP contribution in [-0.4, -0.2) is 16.8 Å². The lowest BCUT2D eigenvalue weighted by molar-refractivity contribution is 0.102. The Morgan fingerprint density at radius 3 is 1.93 bits per heavy atom. The molecular weight excluding hydrogens is 374 g/mol. The van der Waals surface area contributed by atoms with Gasteiger partial charge < -0.3 is 10.6 Å². The molecule has 0 spiro atoms. The van der Waals surface area contributed by atoms with Gasteiger partial charge in [-0.1, -0.05) is 29.8 Å². The number of carbonyl (C=O) groups is 2. The minimum absolute atomic E-state index is 0.285. The van der Waals surface area contributed by atoms with Gasteiger partial charge in [0.25, 0.3) is 11.8 Å². The van der Waals surface area contributed by atoms with Gasteiger partial charge in [0.15, 0.2) is 0 Å². The highest BCUT2D eigenvalue weighted by atomic mass is 35.5. The van der Waals surface area contributed by atoms with E-state index in [1.54, 1.807) is 12.1 Å². The molecule has 0 aliphatic carbocycles. The van der Waals surface area contributed by atoms with E-state index in [1.807, 2.05) is 45.0 Å². The monoisotopic (exact) mass is 393 g/mol. The summed E-state index contributed by atoms with van der Waals surface area (Å²) in [5.74, 6) is -0.686. The zero-order valence-electron chi connectivity index (χ0n) is 15.8. The predicted molar refractivity (Wildman–Crippen MR) is 112 cm³/mol. The summed E-state index contributed by atoms with van der Waals surface area (Å²) in [4.78, 5) is 29.2. The number of aryl methyl sites for hydroxylation is 3. The van der Waals surface area contributed by atoms with E-state index in [-0.39, 0.29) is 17.4 Å². The number of amides is 2. The molecule has 5 nitrogen and oxygen atoms in total. The maximum Gasteiger partial charge on any atom is 0.257 e. The number of hydrogen-bond acceptors (Lipinski definition) is 3. The number of pyridine rings is 1. The van der Waals surface area contributed by atoms with Gasteiger partial charge >= 0.3 is 0 Å². The molecule has 6 heteroatoms. The van der Waals surface area contributed by atoms with E-state index >= 15 is 0 Å². The van der Waals surface area contributed by atoms with Crippen molar-refractivity contribution in [2.45, 2.75) is 20.8 Å². The lowest BCUT2D eigenvalue weighted by Crippen LogP contribution is -2.17. The van der Waals surface area contributed by atoms with E-state index < -0.39 is 0 Å². The molecule has 2 aromatic carbocycles. The topological polar surface area (TPSA) is 71.1 Å². The van der Waals surface area contributed by atoms with Crippen LogP contribution >= 0.6 is 11.6 Å². The minimum atomic E-state index is -0.362. The zero-order chi connectivity index (χ0) is 20.3. The maximum absolute atomic E-state index is 12.6. The summed E-state index contributed by atoms with van der Waals surface area (Å²) in [6.07, 6.45) is 2.85. The fourth-order valence-corrected chi connectivity index (χ4v) is 2.85. The SMILES string of the molecule is Cc1ccc(C)c(NC(=O)c2cncc(C(=O)Nc3cc(Cl)ccc3C)c2)c1. The molecule has 1 aromatic heterocycles. The molecule has 3 rings (SSSR count). The van der Waals surface area contributed by atoms with Crippen molar-refractivity contribution >= 4 is 34.8 Å². The highest BCUT2D eigenvalue weighted by Gasteiger charge is 2.14. The van der Waals surface area contributed by atoms with Crippen LogP contribution in [0.3, 0.4) is 0 Å². The van der Waals surface area contributed by atoms with Crippen molar-refractivity contribution in [1.29, 1.82) is 0 Å². The summed E-state index contributed by atoms with van der Waals surface area (Å²) >= 11 is 6.00. The van der Waals surface area contributed by atoms with Crippen LogP contribution in [0.2, 0.25) is 5.02 Å². The molecule has 1 heterocycles. The van der Waals surface area contributed by atoms with E-state index in [2.05, 4.69) is 15.6 Å². The standard InChI is InChI=1S/C22H20ClN3O2/c1-13-4-5-14(2)19(8-13)25-21(27)16-9-17(12-24-11-16)22(28)26-20-10-18(23)7-6-15(20)3/h4-12H,1-3H3,(H,25,27)(H,26,28). The molecule has 0 saturated heterocycles. The third-order valence-electron chi connectivity index (χ3n) is 4.35. The number of carbonyl (C=O) groups excluding carboxylic acids is 2. The summed E-state index contributed by atoms with van der Waals surface area (Å²) in [7, 11) is 0. The Balaban J connectivity index is 1.79. The molecule has 3 aromatic rings. The Kier molecular flexibility index (Phi) is 5.76. The second-order valence-electron chi connectivity index (χ2n) is 6.65. The van der Waals surface area contributed by atoms with Crippen molar-refractivity contribution in [3.8, 4) is 0 Å². The van der Waals surface area contributed by atoms with E-state index in [4.69, 9.17) is 11.6 Å². The first-order valence-corrected chi connectivity index (χ1v) is 9.12. The van der Waals surface area contributed by atoms with Gasteiger partial charge in [-0.05, 0) is 61.7 Å². The second kappa shape index (κ2) is 8.23. The molecule has 0 bridgehead atoms. The Morgan fingerprint density at radius 1 is 0.786 bits per heavy atom. The largest absolute Gasteiger partial charge is 0.322 e. The van der Waals surface area contributed by atoms with Crippen LogP contribution in [0, 0.1) is 20.8 Å². The van der Waals surface area contributed by atoms with Crippen LogP contribution in [0.4, 0.5) is 11.4 Å². The fourth-order valence-electron chi connectivity index (χ4n) is 2.68. The fraction of sp³-hybridized carbons (Fsp3) is 0.136. The van der Waals surface area contributed by atoms with Gasteiger partial charge in [-0.25, -0.2) is 0 Å². The molecule has 0 atom stereocenters. The Morgan fingerprint density at radius 2 is 1.32 bits per heavy atom. The van der Waals surface area contributed by atoms with E-state index in [0.717, 1.165) is 22.4 Å². The van der Waals surface area contributed by atoms with Crippen molar-refractivity contribution in [2.24, 2.45) is 0 Å². The molecule has 2 N–H and O–H groups in total. The molecule has 142 valence electrons. The van der Waals surface area contributed by atoms with Crippen molar-refractivity contribution < 1.29 is 9.59 Å². The minimum Gasteiger partial charge on any atom is -0.322 e. The van der Waals surface area contributed by atoms with Gasteiger partial charge in [0.05, 0.1) is 11.1 Å². The summed E-state index contributed by atoms with van der Waals surface area (Å²) < 4.78 is 0. The van der Waals surface area contributed by atoms with Crippen molar-refractivity contribution in [3.05, 3.63) is 87.7 Å². The number of rotatable bonds is 4. The van der Waals surface area contributed by atoms with Crippen LogP contribution in [-0.2, 0) is 0 Å². The normalized spacial score (nSPS) is 10.4. The molecule has 0 aliphatic rings. The van der Waals surface area contributed by atoms with Gasteiger partial charge in [0.1, 0.15) is 0 Å². The molecule has 0 saturated carbocycles. The van der Waals surface area contributed by atoms with Gasteiger partial charge in [0, 0.05) is 28.8 Å². The summed E-state index contributed by atoms with van der Waals surface area (Å²) in [5.41, 5.74) is 4.82. The summed E-state index contributed by atoms with van der Waals surface area (Å²) in [6.45, 7) is 5.75. The summed E-state index contributed by atoms with van der Waals surface area (Å²) in [5, 5.41) is 6.20. The Bertz CT molecular complexity index is 983. The van der Waals surface area contributed by atoms with Crippen LogP contribution in [0.25, 0.3) is 0 Å². The lowest BCUT2D eigenvalue weighted by Gasteiger charge is -2.11. The Labute approximate surface area is 168 Å². The first-order chi connectivity index (χ1) is 13.3. The van der Waals surface area contributed by atoms with Gasteiger partial charge in [-0.15, -0.1) is 0 Å². The molecule has 0 radical (unpaired) electrons. The quantitative estimate of drug-likeness (QED) is 0.642. The van der Waals surface area contributed by atoms with Crippen molar-refractivity contribution in [3.63, 3.8) is 0 Å². The van der Waals surface area contributed by atoms with Gasteiger partial charge in [-0.2, -0.15) is 0 Å². The molecule has 2 amide bonds. The number of nitrogens with zero attached hydrogens (tertiary/aromatic N) is 1. The molecule has 0 unspecified atom stereocenters. The number of hydrogen-bond donors (Lipinski definition) is 2. The number of benzene rings is 2. The number of aromatic nitrogens is 1. The molecule has 28 heavy (non-hydrogen) atoms. The zero-order valence-corrected chi connectivity index (χ0v) is 16.6. The highest BCUT2D eigenvalue weighted by molar-refractivity contribution is 6.31. The number of anilines is 2. The van der Waals surface area contributed by atoms with E-state index in [0.29, 0.717) is 16.3 Å². The number of halogens is 1. The second-order valence-corrected chi connectivity index (χ2v) is 7.08. The summed E-state index contributed by atoms with van der Waals surface area (Å²) in [6, 6.07) is 12.6. The van der Waals surface area contributed by atoms with Gasteiger partial charge in [0.2, 0.25) is 0 Å². The predicted octanol–water partition coefficient (Wildman–Crippen LogP) is 5.16. The third kappa shape index (κ3) is 4.56. The third-order valence-corrected chi connectivity index (χ3v) is 4.59. The maximum atomic E-state index is 12.6. The average molecular weight is 394 g/mol.